The van der Waals surface area contributed by atoms with Crippen LogP contribution < -0.4 is 15.0 Å². The molecule has 1 saturated heterocycles. The maximum absolute atomic E-state index is 13.1. The van der Waals surface area contributed by atoms with Crippen LogP contribution in [0.25, 0.3) is 6.08 Å². The molecule has 0 aromatic heterocycles. The Labute approximate surface area is 189 Å². The highest BCUT2D eigenvalue weighted by atomic mass is 32.2. The van der Waals surface area contributed by atoms with Gasteiger partial charge in [0.1, 0.15) is 17.1 Å². The van der Waals surface area contributed by atoms with Crippen molar-refractivity contribution in [2.75, 3.05) is 11.2 Å². The highest BCUT2D eigenvalue weighted by Gasteiger charge is 2.34. The molecule has 4 rings (SSSR count). The van der Waals surface area contributed by atoms with Gasteiger partial charge in [0.2, 0.25) is 0 Å². The van der Waals surface area contributed by atoms with E-state index >= 15 is 0 Å². The third kappa shape index (κ3) is 4.68. The normalized spacial score (nSPS) is 15.2. The highest BCUT2D eigenvalue weighted by molar-refractivity contribution is 7.98. The van der Waals surface area contributed by atoms with Crippen LogP contribution >= 0.6 is 24.0 Å². The molecular weight excluding hydrogens is 428 g/mol. The van der Waals surface area contributed by atoms with Gasteiger partial charge in [0.25, 0.3) is 11.8 Å². The van der Waals surface area contributed by atoms with Gasteiger partial charge in [-0.1, -0.05) is 30.3 Å². The molecule has 7 heteroatoms. The number of thiocarbonyl (C=S) groups is 1. The topological polar surface area (TPSA) is 58.6 Å². The number of amides is 2. The van der Waals surface area contributed by atoms with Gasteiger partial charge in [0.15, 0.2) is 5.11 Å². The molecule has 0 bridgehead atoms. The molecule has 0 aliphatic carbocycles. The average molecular weight is 447 g/mol. The van der Waals surface area contributed by atoms with Gasteiger partial charge in [-0.3, -0.25) is 19.8 Å². The van der Waals surface area contributed by atoms with E-state index in [1.807, 2.05) is 60.9 Å². The summed E-state index contributed by atoms with van der Waals surface area (Å²) in [5.41, 5.74) is 1.32. The number of anilines is 1. The number of hydrogen-bond donors (Lipinski definition) is 1. The summed E-state index contributed by atoms with van der Waals surface area (Å²) in [6.45, 7) is 0. The summed E-state index contributed by atoms with van der Waals surface area (Å²) in [5.74, 6) is 0.354. The van der Waals surface area contributed by atoms with Crippen molar-refractivity contribution >= 4 is 52.7 Å². The van der Waals surface area contributed by atoms with Crippen LogP contribution in [0.5, 0.6) is 11.5 Å². The van der Waals surface area contributed by atoms with Crippen molar-refractivity contribution in [2.45, 2.75) is 4.90 Å². The first kappa shape index (κ1) is 20.8. The predicted molar refractivity (Wildman–Crippen MR) is 127 cm³/mol. The van der Waals surface area contributed by atoms with Crippen LogP contribution in [0.3, 0.4) is 0 Å². The molecule has 0 saturated carbocycles. The Hall–Kier alpha value is -3.42. The lowest BCUT2D eigenvalue weighted by molar-refractivity contribution is -0.122. The number of carbonyl (C=O) groups excluding carboxylic acids is 2. The molecule has 0 unspecified atom stereocenters. The van der Waals surface area contributed by atoms with Gasteiger partial charge in [0.05, 0.1) is 5.69 Å². The van der Waals surface area contributed by atoms with Crippen molar-refractivity contribution < 1.29 is 14.3 Å². The monoisotopic (exact) mass is 446 g/mol. The maximum Gasteiger partial charge on any atom is 0.270 e. The molecule has 2 amide bonds. The van der Waals surface area contributed by atoms with Gasteiger partial charge in [0, 0.05) is 4.90 Å². The first-order chi connectivity index (χ1) is 15.0. The molecule has 0 atom stereocenters. The van der Waals surface area contributed by atoms with E-state index < -0.39 is 11.8 Å². The first-order valence-corrected chi connectivity index (χ1v) is 11.1. The van der Waals surface area contributed by atoms with Gasteiger partial charge >= 0.3 is 0 Å². The minimum atomic E-state index is -0.510. The molecule has 31 heavy (non-hydrogen) atoms. The van der Waals surface area contributed by atoms with Crippen LogP contribution in [0, 0.1) is 0 Å². The quantitative estimate of drug-likeness (QED) is 0.258. The number of nitrogens with one attached hydrogen (secondary N) is 1. The van der Waals surface area contributed by atoms with E-state index in [1.54, 1.807) is 42.1 Å². The highest BCUT2D eigenvalue weighted by Crippen LogP contribution is 2.27. The predicted octanol–water partition coefficient (Wildman–Crippen LogP) is 5.03. The summed E-state index contributed by atoms with van der Waals surface area (Å²) >= 11 is 6.88. The molecule has 0 spiro atoms. The summed E-state index contributed by atoms with van der Waals surface area (Å²) < 4.78 is 5.79. The molecule has 3 aromatic rings. The van der Waals surface area contributed by atoms with Crippen molar-refractivity contribution in [2.24, 2.45) is 0 Å². The second kappa shape index (κ2) is 9.16. The number of carbonyl (C=O) groups is 2. The fraction of sp³-hybridized carbons (Fsp3) is 0.0417. The molecule has 0 radical (unpaired) electrons. The van der Waals surface area contributed by atoms with E-state index in [-0.39, 0.29) is 10.7 Å². The van der Waals surface area contributed by atoms with E-state index in [0.29, 0.717) is 17.2 Å². The fourth-order valence-electron chi connectivity index (χ4n) is 3.05. The number of para-hydroxylation sites is 1. The average Bonchev–Trinajstić information content (AvgIpc) is 2.79. The zero-order chi connectivity index (χ0) is 21.8. The molecule has 5 nitrogen and oxygen atoms in total. The fourth-order valence-corrected chi connectivity index (χ4v) is 3.74. The first-order valence-electron chi connectivity index (χ1n) is 9.43. The lowest BCUT2D eigenvalue weighted by Crippen LogP contribution is -2.54. The number of benzene rings is 3. The molecule has 3 aromatic carbocycles. The summed E-state index contributed by atoms with van der Waals surface area (Å²) in [4.78, 5) is 28.0. The smallest absolute Gasteiger partial charge is 0.270 e. The van der Waals surface area contributed by atoms with Crippen LogP contribution in [-0.2, 0) is 9.59 Å². The standard InChI is InChI=1S/C24H18N2O3S2/c1-31-20-13-7-16(8-14-20)15-21-22(27)25-24(30)26(23(21)28)17-9-11-19(12-10-17)29-18-5-3-2-4-6-18/h2-15H,1H3,(H,25,27,30)/b21-15+. The van der Waals surface area contributed by atoms with Gasteiger partial charge in [-0.15, -0.1) is 11.8 Å². The minimum absolute atomic E-state index is 0.0233. The molecule has 1 fully saturated rings. The van der Waals surface area contributed by atoms with E-state index in [2.05, 4.69) is 5.32 Å². The zero-order valence-electron chi connectivity index (χ0n) is 16.6. The third-order valence-corrected chi connectivity index (χ3v) is 5.63. The number of rotatable bonds is 5. The summed E-state index contributed by atoms with van der Waals surface area (Å²) in [5, 5.41) is 2.64. The summed E-state index contributed by atoms with van der Waals surface area (Å²) in [6.07, 6.45) is 3.56. The Kier molecular flexibility index (Phi) is 6.16. The number of nitrogens with zero attached hydrogens (tertiary/aromatic N) is 1. The SMILES string of the molecule is CSc1ccc(/C=C2\C(=O)NC(=S)N(c3ccc(Oc4ccccc4)cc3)C2=O)cc1. The Balaban J connectivity index is 1.58. The van der Waals surface area contributed by atoms with Gasteiger partial charge in [-0.2, -0.15) is 0 Å². The Morgan fingerprint density at radius 2 is 1.55 bits per heavy atom. The lowest BCUT2D eigenvalue weighted by atomic mass is 10.1. The molecule has 154 valence electrons. The van der Waals surface area contributed by atoms with E-state index in [9.17, 15) is 9.59 Å². The second-order valence-electron chi connectivity index (χ2n) is 6.64. The van der Waals surface area contributed by atoms with E-state index in [0.717, 1.165) is 10.5 Å². The largest absolute Gasteiger partial charge is 0.457 e. The summed E-state index contributed by atoms with van der Waals surface area (Å²) in [6, 6.07) is 24.0. The molecule has 1 aliphatic heterocycles. The van der Waals surface area contributed by atoms with Gasteiger partial charge in [-0.05, 0) is 78.6 Å². The third-order valence-electron chi connectivity index (χ3n) is 4.60. The zero-order valence-corrected chi connectivity index (χ0v) is 18.2. The Morgan fingerprint density at radius 3 is 2.19 bits per heavy atom. The van der Waals surface area contributed by atoms with Crippen LogP contribution in [0.2, 0.25) is 0 Å². The minimum Gasteiger partial charge on any atom is -0.457 e. The molecule has 1 N–H and O–H groups in total. The van der Waals surface area contributed by atoms with Crippen LogP contribution in [0.15, 0.2) is 89.3 Å². The van der Waals surface area contributed by atoms with Crippen molar-refractivity contribution in [3.8, 4) is 11.5 Å². The van der Waals surface area contributed by atoms with Crippen molar-refractivity contribution in [3.63, 3.8) is 0 Å². The van der Waals surface area contributed by atoms with Gasteiger partial charge < -0.3 is 4.74 Å². The number of hydrogen-bond acceptors (Lipinski definition) is 5. The van der Waals surface area contributed by atoms with E-state index in [1.165, 1.54) is 4.90 Å². The summed E-state index contributed by atoms with van der Waals surface area (Å²) in [7, 11) is 0. The molecule has 1 aliphatic rings. The molecular formula is C24H18N2O3S2. The Bertz CT molecular complexity index is 1160. The second-order valence-corrected chi connectivity index (χ2v) is 7.91. The van der Waals surface area contributed by atoms with E-state index in [4.69, 9.17) is 17.0 Å². The number of thioether (sulfide) groups is 1. The van der Waals surface area contributed by atoms with Crippen LogP contribution in [0.4, 0.5) is 5.69 Å². The van der Waals surface area contributed by atoms with Crippen LogP contribution in [0.1, 0.15) is 5.56 Å². The van der Waals surface area contributed by atoms with Crippen LogP contribution in [-0.4, -0.2) is 23.2 Å². The van der Waals surface area contributed by atoms with Gasteiger partial charge in [-0.25, -0.2) is 0 Å². The van der Waals surface area contributed by atoms with Crippen molar-refractivity contribution in [1.29, 1.82) is 0 Å². The maximum atomic E-state index is 13.1. The van der Waals surface area contributed by atoms with Crippen molar-refractivity contribution in [3.05, 3.63) is 90.0 Å². The molecule has 1 heterocycles. The number of ether oxygens (including phenoxy) is 1. The van der Waals surface area contributed by atoms with Crippen molar-refractivity contribution in [1.82, 2.24) is 5.32 Å². The lowest BCUT2D eigenvalue weighted by Gasteiger charge is -2.29. The Morgan fingerprint density at radius 1 is 0.903 bits per heavy atom.